The van der Waals surface area contributed by atoms with Crippen LogP contribution in [0.1, 0.15) is 50.2 Å². The van der Waals surface area contributed by atoms with Crippen molar-refractivity contribution in [3.63, 3.8) is 0 Å². The molecule has 2 atom stereocenters. The van der Waals surface area contributed by atoms with Gasteiger partial charge >= 0.3 is 0 Å². The standard InChI is InChI=1S/C18H22O2/c1-4-18-8-7-13-11-14(20-3)5-6-15(13)16(18)9-12(2)10-17(18)19/h5-6,10-11,16H,4,7-9H2,1-3H3/t16?,18-/m1/s1. The zero-order valence-electron chi connectivity index (χ0n) is 12.5. The highest BCUT2D eigenvalue weighted by atomic mass is 16.5. The molecule has 0 aromatic heterocycles. The number of ketones is 1. The first kappa shape index (κ1) is 13.4. The van der Waals surface area contributed by atoms with E-state index in [0.29, 0.717) is 11.7 Å². The van der Waals surface area contributed by atoms with Crippen LogP contribution >= 0.6 is 0 Å². The van der Waals surface area contributed by atoms with Crippen molar-refractivity contribution in [3.8, 4) is 5.75 Å². The minimum atomic E-state index is -0.166. The Kier molecular flexibility index (Phi) is 3.19. The molecule has 20 heavy (non-hydrogen) atoms. The molecular weight excluding hydrogens is 248 g/mol. The van der Waals surface area contributed by atoms with E-state index in [1.165, 1.54) is 16.7 Å². The van der Waals surface area contributed by atoms with Gasteiger partial charge in [-0.05, 0) is 61.9 Å². The van der Waals surface area contributed by atoms with Crippen molar-refractivity contribution in [1.29, 1.82) is 0 Å². The monoisotopic (exact) mass is 270 g/mol. The van der Waals surface area contributed by atoms with Crippen molar-refractivity contribution in [2.24, 2.45) is 5.41 Å². The molecule has 0 bridgehead atoms. The molecule has 0 N–H and O–H groups in total. The first-order valence-electron chi connectivity index (χ1n) is 7.49. The Morgan fingerprint density at radius 1 is 1.40 bits per heavy atom. The number of fused-ring (bicyclic) bond motifs is 3. The highest BCUT2D eigenvalue weighted by Gasteiger charge is 2.48. The van der Waals surface area contributed by atoms with Gasteiger partial charge in [0.15, 0.2) is 5.78 Å². The molecule has 0 saturated carbocycles. The van der Waals surface area contributed by atoms with Crippen LogP contribution in [0.5, 0.6) is 5.75 Å². The van der Waals surface area contributed by atoms with Gasteiger partial charge in [0.2, 0.25) is 0 Å². The fraction of sp³-hybridized carbons (Fsp3) is 0.500. The highest BCUT2D eigenvalue weighted by Crippen LogP contribution is 2.54. The van der Waals surface area contributed by atoms with Crippen LogP contribution in [0.4, 0.5) is 0 Å². The third-order valence-electron chi connectivity index (χ3n) is 5.26. The predicted molar refractivity (Wildman–Crippen MR) is 80.2 cm³/mol. The summed E-state index contributed by atoms with van der Waals surface area (Å²) < 4.78 is 5.33. The molecule has 106 valence electrons. The molecule has 1 aromatic carbocycles. The van der Waals surface area contributed by atoms with Crippen LogP contribution in [0.25, 0.3) is 0 Å². The van der Waals surface area contributed by atoms with E-state index >= 15 is 0 Å². The number of methoxy groups -OCH3 is 1. The molecule has 2 aliphatic carbocycles. The molecule has 0 amide bonds. The summed E-state index contributed by atoms with van der Waals surface area (Å²) in [7, 11) is 1.71. The van der Waals surface area contributed by atoms with Gasteiger partial charge in [0, 0.05) is 11.3 Å². The van der Waals surface area contributed by atoms with Crippen molar-refractivity contribution in [3.05, 3.63) is 41.0 Å². The second-order valence-corrected chi connectivity index (χ2v) is 6.19. The van der Waals surface area contributed by atoms with Crippen molar-refractivity contribution in [2.45, 2.75) is 45.4 Å². The fourth-order valence-electron chi connectivity index (χ4n) is 4.04. The molecule has 2 aliphatic rings. The number of hydrogen-bond donors (Lipinski definition) is 0. The van der Waals surface area contributed by atoms with E-state index in [-0.39, 0.29) is 5.41 Å². The molecule has 0 saturated heterocycles. The first-order chi connectivity index (χ1) is 9.60. The number of benzene rings is 1. The van der Waals surface area contributed by atoms with Gasteiger partial charge in [-0.2, -0.15) is 0 Å². The summed E-state index contributed by atoms with van der Waals surface area (Å²) in [5.41, 5.74) is 3.77. The van der Waals surface area contributed by atoms with E-state index in [0.717, 1.165) is 31.4 Å². The molecule has 0 radical (unpaired) electrons. The fourth-order valence-corrected chi connectivity index (χ4v) is 4.04. The zero-order valence-corrected chi connectivity index (χ0v) is 12.5. The topological polar surface area (TPSA) is 26.3 Å². The Morgan fingerprint density at radius 3 is 2.90 bits per heavy atom. The SMILES string of the molecule is CC[C@@]12CCc3cc(OC)ccc3C1CC(C)=CC2=O. The maximum absolute atomic E-state index is 12.6. The van der Waals surface area contributed by atoms with Gasteiger partial charge in [-0.15, -0.1) is 0 Å². The average molecular weight is 270 g/mol. The first-order valence-corrected chi connectivity index (χ1v) is 7.49. The smallest absolute Gasteiger partial charge is 0.162 e. The van der Waals surface area contributed by atoms with Gasteiger partial charge in [0.1, 0.15) is 5.75 Å². The molecule has 0 aliphatic heterocycles. The van der Waals surface area contributed by atoms with E-state index in [1.54, 1.807) is 7.11 Å². The van der Waals surface area contributed by atoms with Crippen molar-refractivity contribution in [1.82, 2.24) is 0 Å². The molecule has 0 heterocycles. The number of ether oxygens (including phenoxy) is 1. The van der Waals surface area contributed by atoms with Gasteiger partial charge in [0.05, 0.1) is 7.11 Å². The molecule has 1 aromatic rings. The number of rotatable bonds is 2. The van der Waals surface area contributed by atoms with Gasteiger partial charge in [-0.3, -0.25) is 4.79 Å². The zero-order chi connectivity index (χ0) is 14.3. The van der Waals surface area contributed by atoms with E-state index in [1.807, 2.05) is 12.1 Å². The van der Waals surface area contributed by atoms with Gasteiger partial charge in [-0.1, -0.05) is 18.6 Å². The van der Waals surface area contributed by atoms with Gasteiger partial charge in [0.25, 0.3) is 0 Å². The summed E-state index contributed by atoms with van der Waals surface area (Å²) in [6.45, 7) is 4.24. The summed E-state index contributed by atoms with van der Waals surface area (Å²) in [4.78, 5) is 12.6. The second-order valence-electron chi connectivity index (χ2n) is 6.19. The summed E-state index contributed by atoms with van der Waals surface area (Å²) in [6, 6.07) is 6.35. The maximum atomic E-state index is 12.6. The van der Waals surface area contributed by atoms with Gasteiger partial charge < -0.3 is 4.74 Å². The Bertz CT molecular complexity index is 585. The Hall–Kier alpha value is -1.57. The van der Waals surface area contributed by atoms with Gasteiger partial charge in [-0.25, -0.2) is 0 Å². The Balaban J connectivity index is 2.11. The minimum Gasteiger partial charge on any atom is -0.497 e. The lowest BCUT2D eigenvalue weighted by molar-refractivity contribution is -0.127. The van der Waals surface area contributed by atoms with Crippen LogP contribution in [-0.4, -0.2) is 12.9 Å². The number of aryl methyl sites for hydroxylation is 1. The quantitative estimate of drug-likeness (QED) is 0.810. The lowest BCUT2D eigenvalue weighted by Gasteiger charge is -2.45. The number of allylic oxidation sites excluding steroid dienone is 2. The molecular formula is C18H22O2. The molecule has 0 fully saturated rings. The van der Waals surface area contributed by atoms with Crippen LogP contribution in [0.15, 0.2) is 29.8 Å². The highest BCUT2D eigenvalue weighted by molar-refractivity contribution is 5.97. The molecule has 1 unspecified atom stereocenters. The van der Waals surface area contributed by atoms with Crippen LogP contribution in [-0.2, 0) is 11.2 Å². The Morgan fingerprint density at radius 2 is 2.20 bits per heavy atom. The van der Waals surface area contributed by atoms with E-state index in [2.05, 4.69) is 26.0 Å². The van der Waals surface area contributed by atoms with Crippen molar-refractivity contribution < 1.29 is 9.53 Å². The Labute approximate surface area is 120 Å². The second kappa shape index (κ2) is 4.76. The minimum absolute atomic E-state index is 0.166. The normalized spacial score (nSPS) is 28.4. The lowest BCUT2D eigenvalue weighted by Crippen LogP contribution is -2.42. The summed E-state index contributed by atoms with van der Waals surface area (Å²) in [5, 5.41) is 0. The van der Waals surface area contributed by atoms with Crippen LogP contribution in [0.3, 0.4) is 0 Å². The van der Waals surface area contributed by atoms with Crippen LogP contribution < -0.4 is 4.74 Å². The molecule has 2 heteroatoms. The van der Waals surface area contributed by atoms with E-state index in [4.69, 9.17) is 4.74 Å². The van der Waals surface area contributed by atoms with Crippen molar-refractivity contribution >= 4 is 5.78 Å². The molecule has 3 rings (SSSR count). The summed E-state index contributed by atoms with van der Waals surface area (Å²) in [6.07, 6.45) is 5.78. The lowest BCUT2D eigenvalue weighted by atomic mass is 9.56. The summed E-state index contributed by atoms with van der Waals surface area (Å²) >= 11 is 0. The third kappa shape index (κ3) is 1.81. The number of carbonyl (C=O) groups is 1. The molecule has 0 spiro atoms. The predicted octanol–water partition coefficient (Wildman–Crippen LogP) is 4.04. The molecule has 2 nitrogen and oxygen atoms in total. The third-order valence-corrected chi connectivity index (χ3v) is 5.26. The summed E-state index contributed by atoms with van der Waals surface area (Å²) in [5.74, 6) is 1.61. The van der Waals surface area contributed by atoms with Crippen LogP contribution in [0.2, 0.25) is 0 Å². The maximum Gasteiger partial charge on any atom is 0.162 e. The van der Waals surface area contributed by atoms with E-state index in [9.17, 15) is 4.79 Å². The average Bonchev–Trinajstić information content (AvgIpc) is 2.46. The number of carbonyl (C=O) groups excluding carboxylic acids is 1. The van der Waals surface area contributed by atoms with Crippen molar-refractivity contribution in [2.75, 3.05) is 7.11 Å². The largest absolute Gasteiger partial charge is 0.497 e. The number of hydrogen-bond acceptors (Lipinski definition) is 2. The van der Waals surface area contributed by atoms with Crippen LogP contribution in [0, 0.1) is 5.41 Å². The van der Waals surface area contributed by atoms with E-state index < -0.39 is 0 Å².